The summed E-state index contributed by atoms with van der Waals surface area (Å²) >= 11 is 5.93. The van der Waals surface area contributed by atoms with Gasteiger partial charge in [-0.25, -0.2) is 0 Å². The van der Waals surface area contributed by atoms with E-state index in [4.69, 9.17) is 11.6 Å². The predicted molar refractivity (Wildman–Crippen MR) is 102 cm³/mol. The number of amides is 2. The van der Waals surface area contributed by atoms with Crippen LogP contribution in [-0.4, -0.2) is 18.4 Å². The molecule has 2 amide bonds. The molecule has 0 aliphatic heterocycles. The van der Waals surface area contributed by atoms with Gasteiger partial charge in [0.25, 0.3) is 0 Å². The second-order valence-electron chi connectivity index (χ2n) is 6.79. The van der Waals surface area contributed by atoms with E-state index in [1.165, 1.54) is 0 Å². The maximum Gasteiger partial charge on any atom is 0.313 e. The number of aryl methyl sites for hydroxylation is 2. The van der Waals surface area contributed by atoms with Gasteiger partial charge >= 0.3 is 11.8 Å². The summed E-state index contributed by atoms with van der Waals surface area (Å²) in [5.74, 6) is -1.37. The van der Waals surface area contributed by atoms with E-state index in [0.717, 1.165) is 16.7 Å². The highest BCUT2D eigenvalue weighted by Gasteiger charge is 2.24. The van der Waals surface area contributed by atoms with Gasteiger partial charge in [-0.15, -0.1) is 0 Å². The third-order valence-corrected chi connectivity index (χ3v) is 4.45. The molecule has 4 nitrogen and oxygen atoms in total. The smallest absolute Gasteiger partial charge is 0.313 e. The third kappa shape index (κ3) is 4.83. The van der Waals surface area contributed by atoms with Gasteiger partial charge < -0.3 is 10.6 Å². The molecular formula is C20H23ClN2O2. The first-order valence-electron chi connectivity index (χ1n) is 8.12. The Bertz CT molecular complexity index is 800. The summed E-state index contributed by atoms with van der Waals surface area (Å²) in [5, 5.41) is 5.82. The van der Waals surface area contributed by atoms with Gasteiger partial charge in [-0.2, -0.15) is 0 Å². The van der Waals surface area contributed by atoms with Crippen molar-refractivity contribution in [2.75, 3.05) is 11.9 Å². The van der Waals surface area contributed by atoms with Gasteiger partial charge in [-0.1, -0.05) is 55.8 Å². The number of hydrogen-bond donors (Lipinski definition) is 2. The zero-order chi connectivity index (χ0) is 18.6. The van der Waals surface area contributed by atoms with Crippen molar-refractivity contribution in [3.8, 4) is 0 Å². The minimum absolute atomic E-state index is 0.284. The number of hydrogen-bond acceptors (Lipinski definition) is 2. The Morgan fingerprint density at radius 2 is 1.68 bits per heavy atom. The quantitative estimate of drug-likeness (QED) is 0.812. The lowest BCUT2D eigenvalue weighted by atomic mass is 9.82. The molecule has 0 radical (unpaired) electrons. The molecule has 5 heteroatoms. The fourth-order valence-corrected chi connectivity index (χ4v) is 2.89. The van der Waals surface area contributed by atoms with E-state index in [0.29, 0.717) is 17.3 Å². The predicted octanol–water partition coefficient (Wildman–Crippen LogP) is 3.99. The average molecular weight is 359 g/mol. The summed E-state index contributed by atoms with van der Waals surface area (Å²) in [7, 11) is 0. The number of halogens is 1. The molecule has 0 heterocycles. The molecule has 0 fully saturated rings. The van der Waals surface area contributed by atoms with Crippen LogP contribution in [0.25, 0.3) is 0 Å². The highest BCUT2D eigenvalue weighted by atomic mass is 35.5. The van der Waals surface area contributed by atoms with Gasteiger partial charge in [0.2, 0.25) is 0 Å². The first-order chi connectivity index (χ1) is 11.7. The maximum atomic E-state index is 12.2. The standard InChI is InChI=1S/C20H23ClN2O2/c1-13-7-5-6-8-16(13)20(3,4)12-22-18(24)19(25)23-17-11-15(21)10-9-14(17)2/h5-11H,12H2,1-4H3,(H,22,24)(H,23,25). The number of rotatable bonds is 4. The molecular weight excluding hydrogens is 336 g/mol. The number of carbonyl (C=O) groups excluding carboxylic acids is 2. The SMILES string of the molecule is Cc1ccc(Cl)cc1NC(=O)C(=O)NCC(C)(C)c1ccccc1C. The zero-order valence-electron chi connectivity index (χ0n) is 14.9. The van der Waals surface area contributed by atoms with Crippen molar-refractivity contribution in [2.24, 2.45) is 0 Å². The molecule has 0 aromatic heterocycles. The molecule has 25 heavy (non-hydrogen) atoms. The van der Waals surface area contributed by atoms with E-state index in [-0.39, 0.29) is 5.41 Å². The second kappa shape index (κ2) is 7.70. The number of carbonyl (C=O) groups is 2. The van der Waals surface area contributed by atoms with Crippen molar-refractivity contribution in [2.45, 2.75) is 33.1 Å². The first-order valence-corrected chi connectivity index (χ1v) is 8.50. The molecule has 2 rings (SSSR count). The lowest BCUT2D eigenvalue weighted by Gasteiger charge is -2.27. The highest BCUT2D eigenvalue weighted by Crippen LogP contribution is 2.25. The van der Waals surface area contributed by atoms with E-state index in [9.17, 15) is 9.59 Å². The van der Waals surface area contributed by atoms with Gasteiger partial charge in [0.1, 0.15) is 0 Å². The Kier molecular flexibility index (Phi) is 5.85. The Labute approximate surface area is 153 Å². The van der Waals surface area contributed by atoms with E-state index in [2.05, 4.69) is 10.6 Å². The van der Waals surface area contributed by atoms with E-state index in [1.54, 1.807) is 18.2 Å². The molecule has 132 valence electrons. The summed E-state index contributed by atoms with van der Waals surface area (Å²) in [6.07, 6.45) is 0. The maximum absolute atomic E-state index is 12.2. The van der Waals surface area contributed by atoms with Crippen LogP contribution < -0.4 is 10.6 Å². The molecule has 2 aromatic rings. The van der Waals surface area contributed by atoms with Crippen molar-refractivity contribution in [1.82, 2.24) is 5.32 Å². The van der Waals surface area contributed by atoms with Crippen LogP contribution in [0.15, 0.2) is 42.5 Å². The Hall–Kier alpha value is -2.33. The minimum atomic E-state index is -0.703. The summed E-state index contributed by atoms with van der Waals surface area (Å²) < 4.78 is 0. The second-order valence-corrected chi connectivity index (χ2v) is 7.23. The van der Waals surface area contributed by atoms with E-state index in [1.807, 2.05) is 52.0 Å². The van der Waals surface area contributed by atoms with Crippen LogP contribution in [0.2, 0.25) is 5.02 Å². The largest absolute Gasteiger partial charge is 0.347 e. The van der Waals surface area contributed by atoms with E-state index < -0.39 is 11.8 Å². The van der Waals surface area contributed by atoms with Crippen molar-refractivity contribution < 1.29 is 9.59 Å². The molecule has 0 aliphatic carbocycles. The fraction of sp³-hybridized carbons (Fsp3) is 0.300. The molecule has 0 aliphatic rings. The van der Waals surface area contributed by atoms with Crippen LogP contribution >= 0.6 is 11.6 Å². The third-order valence-electron chi connectivity index (χ3n) is 4.22. The molecule has 0 atom stereocenters. The van der Waals surface area contributed by atoms with Crippen LogP contribution in [0.3, 0.4) is 0 Å². The normalized spacial score (nSPS) is 11.1. The summed E-state index contributed by atoms with van der Waals surface area (Å²) in [6.45, 7) is 8.31. The van der Waals surface area contributed by atoms with Crippen molar-refractivity contribution >= 4 is 29.1 Å². The van der Waals surface area contributed by atoms with Gasteiger partial charge in [-0.3, -0.25) is 9.59 Å². The average Bonchev–Trinajstić information content (AvgIpc) is 2.56. The summed E-state index contributed by atoms with van der Waals surface area (Å²) in [5.41, 5.74) is 3.38. The lowest BCUT2D eigenvalue weighted by molar-refractivity contribution is -0.136. The van der Waals surface area contributed by atoms with Crippen LogP contribution in [-0.2, 0) is 15.0 Å². The van der Waals surface area contributed by atoms with E-state index >= 15 is 0 Å². The highest BCUT2D eigenvalue weighted by molar-refractivity contribution is 6.40. The summed E-state index contributed by atoms with van der Waals surface area (Å²) in [6, 6.07) is 13.2. The number of nitrogens with one attached hydrogen (secondary N) is 2. The number of benzene rings is 2. The van der Waals surface area contributed by atoms with Gasteiger partial charge in [0, 0.05) is 22.7 Å². The van der Waals surface area contributed by atoms with Crippen LogP contribution in [0, 0.1) is 13.8 Å². The van der Waals surface area contributed by atoms with Crippen LogP contribution in [0.1, 0.15) is 30.5 Å². The van der Waals surface area contributed by atoms with Crippen LogP contribution in [0.4, 0.5) is 5.69 Å². The number of anilines is 1. The van der Waals surface area contributed by atoms with Crippen molar-refractivity contribution in [3.05, 3.63) is 64.2 Å². The monoisotopic (exact) mass is 358 g/mol. The topological polar surface area (TPSA) is 58.2 Å². The first kappa shape index (κ1) is 19.0. The zero-order valence-corrected chi connectivity index (χ0v) is 15.7. The van der Waals surface area contributed by atoms with Crippen molar-refractivity contribution in [3.63, 3.8) is 0 Å². The minimum Gasteiger partial charge on any atom is -0.347 e. The Morgan fingerprint density at radius 1 is 1.00 bits per heavy atom. The lowest BCUT2D eigenvalue weighted by Crippen LogP contribution is -2.42. The molecule has 2 N–H and O–H groups in total. The molecule has 0 saturated carbocycles. The fourth-order valence-electron chi connectivity index (χ4n) is 2.72. The van der Waals surface area contributed by atoms with Gasteiger partial charge in [0.05, 0.1) is 0 Å². The van der Waals surface area contributed by atoms with Gasteiger partial charge in [-0.05, 0) is 42.7 Å². The van der Waals surface area contributed by atoms with Crippen molar-refractivity contribution in [1.29, 1.82) is 0 Å². The molecule has 0 bridgehead atoms. The molecule has 0 saturated heterocycles. The van der Waals surface area contributed by atoms with Gasteiger partial charge in [0.15, 0.2) is 0 Å². The Morgan fingerprint density at radius 3 is 2.36 bits per heavy atom. The molecule has 2 aromatic carbocycles. The summed E-state index contributed by atoms with van der Waals surface area (Å²) in [4.78, 5) is 24.3. The molecule has 0 unspecified atom stereocenters. The molecule has 0 spiro atoms. The Balaban J connectivity index is 2.01. The van der Waals surface area contributed by atoms with Crippen LogP contribution in [0.5, 0.6) is 0 Å².